The maximum absolute atomic E-state index is 14.3. The Bertz CT molecular complexity index is 451. The number of nitrogens with one attached hydrogen (secondary N) is 1. The van der Waals surface area contributed by atoms with Gasteiger partial charge in [0.25, 0.3) is 0 Å². The summed E-state index contributed by atoms with van der Waals surface area (Å²) in [5.74, 6) is -0.0960. The average molecular weight is 293 g/mol. The van der Waals surface area contributed by atoms with Crippen molar-refractivity contribution in [1.29, 1.82) is 0 Å². The monoisotopic (exact) mass is 293 g/mol. The van der Waals surface area contributed by atoms with Crippen molar-refractivity contribution in [2.75, 3.05) is 32.1 Å². The van der Waals surface area contributed by atoms with E-state index in [4.69, 9.17) is 0 Å². The summed E-state index contributed by atoms with van der Waals surface area (Å²) >= 11 is 0. The second kappa shape index (κ2) is 7.23. The summed E-state index contributed by atoms with van der Waals surface area (Å²) in [6.07, 6.45) is 2.19. The SMILES string of the molecule is CC(C)NCc1cccc(F)c1N1CCC(N(C)C)CC1. The van der Waals surface area contributed by atoms with Gasteiger partial charge in [-0.3, -0.25) is 0 Å². The van der Waals surface area contributed by atoms with E-state index >= 15 is 0 Å². The lowest BCUT2D eigenvalue weighted by molar-refractivity contribution is 0.249. The molecule has 0 unspecified atom stereocenters. The van der Waals surface area contributed by atoms with Crippen LogP contribution in [0.1, 0.15) is 32.3 Å². The molecule has 1 fully saturated rings. The van der Waals surface area contributed by atoms with Gasteiger partial charge in [-0.05, 0) is 38.6 Å². The minimum Gasteiger partial charge on any atom is -0.369 e. The Morgan fingerprint density at radius 3 is 2.52 bits per heavy atom. The lowest BCUT2D eigenvalue weighted by Gasteiger charge is -2.37. The molecule has 1 aromatic carbocycles. The number of hydrogen-bond acceptors (Lipinski definition) is 3. The summed E-state index contributed by atoms with van der Waals surface area (Å²) in [6.45, 7) is 6.80. The van der Waals surface area contributed by atoms with Crippen molar-refractivity contribution in [1.82, 2.24) is 10.2 Å². The van der Waals surface area contributed by atoms with Crippen molar-refractivity contribution >= 4 is 5.69 Å². The van der Waals surface area contributed by atoms with E-state index < -0.39 is 0 Å². The van der Waals surface area contributed by atoms with Crippen molar-refractivity contribution in [3.63, 3.8) is 0 Å². The van der Waals surface area contributed by atoms with Crippen LogP contribution < -0.4 is 10.2 Å². The van der Waals surface area contributed by atoms with E-state index in [1.165, 1.54) is 0 Å². The second-order valence-electron chi connectivity index (χ2n) is 6.47. The molecule has 0 saturated carbocycles. The van der Waals surface area contributed by atoms with Gasteiger partial charge in [0.1, 0.15) is 5.82 Å². The fraction of sp³-hybridized carbons (Fsp3) is 0.647. The zero-order chi connectivity index (χ0) is 15.4. The van der Waals surface area contributed by atoms with E-state index in [2.05, 4.69) is 43.1 Å². The summed E-state index contributed by atoms with van der Waals surface area (Å²) in [7, 11) is 4.25. The normalized spacial score (nSPS) is 17.0. The van der Waals surface area contributed by atoms with Gasteiger partial charge in [0.05, 0.1) is 5.69 Å². The smallest absolute Gasteiger partial charge is 0.146 e. The molecule has 1 heterocycles. The minimum atomic E-state index is -0.0960. The number of piperidine rings is 1. The van der Waals surface area contributed by atoms with Gasteiger partial charge >= 0.3 is 0 Å². The van der Waals surface area contributed by atoms with Crippen LogP contribution in [0.4, 0.5) is 10.1 Å². The van der Waals surface area contributed by atoms with Gasteiger partial charge in [0, 0.05) is 31.7 Å². The molecule has 1 aromatic rings. The molecule has 0 bridgehead atoms. The highest BCUT2D eigenvalue weighted by Gasteiger charge is 2.24. The molecule has 0 amide bonds. The van der Waals surface area contributed by atoms with Crippen molar-refractivity contribution < 1.29 is 4.39 Å². The Balaban J connectivity index is 2.12. The summed E-state index contributed by atoms with van der Waals surface area (Å²) in [6, 6.07) is 6.44. The number of anilines is 1. The number of para-hydroxylation sites is 1. The van der Waals surface area contributed by atoms with E-state index in [-0.39, 0.29) is 5.82 Å². The number of hydrogen-bond donors (Lipinski definition) is 1. The Labute approximate surface area is 128 Å². The average Bonchev–Trinajstić information content (AvgIpc) is 2.45. The Hall–Kier alpha value is -1.13. The molecule has 118 valence electrons. The molecule has 1 saturated heterocycles. The van der Waals surface area contributed by atoms with Gasteiger partial charge < -0.3 is 15.1 Å². The molecule has 0 radical (unpaired) electrons. The van der Waals surface area contributed by atoms with Crippen LogP contribution in [0.2, 0.25) is 0 Å². The maximum Gasteiger partial charge on any atom is 0.146 e. The van der Waals surface area contributed by atoms with Crippen molar-refractivity contribution in [2.24, 2.45) is 0 Å². The molecule has 1 N–H and O–H groups in total. The second-order valence-corrected chi connectivity index (χ2v) is 6.47. The Morgan fingerprint density at radius 2 is 1.95 bits per heavy atom. The summed E-state index contributed by atoms with van der Waals surface area (Å²) in [4.78, 5) is 4.49. The molecule has 2 rings (SSSR count). The molecular formula is C17H28FN3. The first-order chi connectivity index (χ1) is 9.99. The fourth-order valence-electron chi connectivity index (χ4n) is 2.98. The summed E-state index contributed by atoms with van der Waals surface area (Å²) in [5.41, 5.74) is 1.86. The molecule has 1 aliphatic heterocycles. The van der Waals surface area contributed by atoms with Crippen LogP contribution in [-0.4, -0.2) is 44.2 Å². The highest BCUT2D eigenvalue weighted by molar-refractivity contribution is 5.55. The van der Waals surface area contributed by atoms with Crippen LogP contribution in [0.25, 0.3) is 0 Å². The predicted molar refractivity (Wildman–Crippen MR) is 87.3 cm³/mol. The summed E-state index contributed by atoms with van der Waals surface area (Å²) in [5, 5.41) is 3.39. The third-order valence-corrected chi connectivity index (χ3v) is 4.28. The van der Waals surface area contributed by atoms with E-state index in [0.717, 1.165) is 43.7 Å². The van der Waals surface area contributed by atoms with E-state index in [1.807, 2.05) is 12.1 Å². The highest BCUT2D eigenvalue weighted by atomic mass is 19.1. The van der Waals surface area contributed by atoms with Crippen molar-refractivity contribution in [3.05, 3.63) is 29.6 Å². The van der Waals surface area contributed by atoms with Gasteiger partial charge in [0.15, 0.2) is 0 Å². The number of rotatable bonds is 5. The fourth-order valence-corrected chi connectivity index (χ4v) is 2.98. The quantitative estimate of drug-likeness (QED) is 0.900. The van der Waals surface area contributed by atoms with Gasteiger partial charge in [-0.1, -0.05) is 26.0 Å². The van der Waals surface area contributed by atoms with Crippen molar-refractivity contribution in [2.45, 2.75) is 45.3 Å². The van der Waals surface area contributed by atoms with Crippen LogP contribution in [-0.2, 0) is 6.54 Å². The first kappa shape index (κ1) is 16.2. The molecule has 0 spiro atoms. The highest BCUT2D eigenvalue weighted by Crippen LogP contribution is 2.28. The van der Waals surface area contributed by atoms with Crippen molar-refractivity contribution in [3.8, 4) is 0 Å². The van der Waals surface area contributed by atoms with Gasteiger partial charge in [0.2, 0.25) is 0 Å². The van der Waals surface area contributed by atoms with Gasteiger partial charge in [-0.2, -0.15) is 0 Å². The van der Waals surface area contributed by atoms with E-state index in [1.54, 1.807) is 6.07 Å². The molecule has 0 atom stereocenters. The Kier molecular flexibility index (Phi) is 5.59. The Morgan fingerprint density at radius 1 is 1.29 bits per heavy atom. The van der Waals surface area contributed by atoms with Crippen LogP contribution in [0.3, 0.4) is 0 Å². The zero-order valence-corrected chi connectivity index (χ0v) is 13.7. The van der Waals surface area contributed by atoms with Crippen LogP contribution in [0.15, 0.2) is 18.2 Å². The van der Waals surface area contributed by atoms with Gasteiger partial charge in [-0.25, -0.2) is 4.39 Å². The van der Waals surface area contributed by atoms with E-state index in [9.17, 15) is 4.39 Å². The third-order valence-electron chi connectivity index (χ3n) is 4.28. The van der Waals surface area contributed by atoms with Gasteiger partial charge in [-0.15, -0.1) is 0 Å². The molecule has 1 aliphatic rings. The predicted octanol–water partition coefficient (Wildman–Crippen LogP) is 2.85. The molecule has 4 heteroatoms. The third kappa shape index (κ3) is 4.17. The molecule has 0 aromatic heterocycles. The number of benzene rings is 1. The standard InChI is InChI=1S/C17H28FN3/c1-13(2)19-12-14-6-5-7-16(18)17(14)21-10-8-15(9-11-21)20(3)4/h5-7,13,15,19H,8-12H2,1-4H3. The van der Waals surface area contributed by atoms with Crippen LogP contribution in [0.5, 0.6) is 0 Å². The lowest BCUT2D eigenvalue weighted by Crippen LogP contribution is -2.42. The molecular weight excluding hydrogens is 265 g/mol. The van der Waals surface area contributed by atoms with Crippen LogP contribution in [0, 0.1) is 5.82 Å². The zero-order valence-electron chi connectivity index (χ0n) is 13.7. The summed E-state index contributed by atoms with van der Waals surface area (Å²) < 4.78 is 14.3. The molecule has 21 heavy (non-hydrogen) atoms. The topological polar surface area (TPSA) is 18.5 Å². The largest absolute Gasteiger partial charge is 0.369 e. The molecule has 3 nitrogen and oxygen atoms in total. The lowest BCUT2D eigenvalue weighted by atomic mass is 10.0. The van der Waals surface area contributed by atoms with E-state index in [0.29, 0.717) is 12.1 Å². The maximum atomic E-state index is 14.3. The minimum absolute atomic E-state index is 0.0960. The number of halogens is 1. The first-order valence-electron chi connectivity index (χ1n) is 7.91. The number of nitrogens with zero attached hydrogens (tertiary/aromatic N) is 2. The van der Waals surface area contributed by atoms with Crippen LogP contribution >= 0.6 is 0 Å². The molecule has 0 aliphatic carbocycles. The first-order valence-corrected chi connectivity index (χ1v) is 7.91.